The molecule has 0 aliphatic carbocycles. The first-order chi connectivity index (χ1) is 8.44. The second-order valence-corrected chi connectivity index (χ2v) is 5.64. The van der Waals surface area contributed by atoms with Gasteiger partial charge in [0.05, 0.1) is 10.2 Å². The van der Waals surface area contributed by atoms with Crippen LogP contribution in [0.1, 0.15) is 32.6 Å². The zero-order valence-electron chi connectivity index (χ0n) is 10.6. The maximum absolute atomic E-state index is 11.6. The lowest BCUT2D eigenvalue weighted by Crippen LogP contribution is -2.33. The highest BCUT2D eigenvalue weighted by atomic mass is 32.2. The summed E-state index contributed by atoms with van der Waals surface area (Å²) >= 11 is 0. The minimum Gasteiger partial charge on any atom is -0.393 e. The first-order valence-corrected chi connectivity index (χ1v) is 7.29. The second-order valence-electron chi connectivity index (χ2n) is 3.98. The molecule has 0 amide bonds. The summed E-state index contributed by atoms with van der Waals surface area (Å²) in [5, 5.41) is 9.05. The number of aliphatic hydroxyl groups is 1. The lowest BCUT2D eigenvalue weighted by atomic mass is 10.1. The normalized spacial score (nSPS) is 12.8. The monoisotopic (exact) mass is 277 g/mol. The molecule has 0 aromatic rings. The van der Waals surface area contributed by atoms with Crippen LogP contribution in [0.5, 0.6) is 0 Å². The SMILES string of the molecule is C=CCNS(=O)(=O)[N+](CCCCCC(C)O)=[N+]=[N-]. The third-order valence-electron chi connectivity index (χ3n) is 2.26. The van der Waals surface area contributed by atoms with E-state index in [4.69, 9.17) is 10.6 Å². The van der Waals surface area contributed by atoms with Gasteiger partial charge in [0.15, 0.2) is 0 Å². The van der Waals surface area contributed by atoms with Crippen molar-refractivity contribution < 1.29 is 17.6 Å². The Balaban J connectivity index is 4.13. The molecule has 0 saturated heterocycles. The highest BCUT2D eigenvalue weighted by Crippen LogP contribution is 2.04. The Labute approximate surface area is 108 Å². The summed E-state index contributed by atoms with van der Waals surface area (Å²) in [6.45, 7) is 5.28. The molecule has 0 bridgehead atoms. The minimum atomic E-state index is -3.79. The smallest absolute Gasteiger partial charge is 0.362 e. The highest BCUT2D eigenvalue weighted by molar-refractivity contribution is 7.83. The maximum atomic E-state index is 11.6. The highest BCUT2D eigenvalue weighted by Gasteiger charge is 2.21. The zero-order valence-corrected chi connectivity index (χ0v) is 11.4. The van der Waals surface area contributed by atoms with Crippen molar-refractivity contribution in [1.29, 1.82) is 0 Å². The fourth-order valence-electron chi connectivity index (χ4n) is 1.32. The lowest BCUT2D eigenvalue weighted by Gasteiger charge is -2.04. The van der Waals surface area contributed by atoms with E-state index in [-0.39, 0.29) is 19.2 Å². The molecular weight excluding hydrogens is 256 g/mol. The van der Waals surface area contributed by atoms with E-state index in [0.717, 1.165) is 12.8 Å². The van der Waals surface area contributed by atoms with Crippen molar-refractivity contribution in [3.8, 4) is 0 Å². The molecule has 0 rings (SSSR count). The summed E-state index contributed by atoms with van der Waals surface area (Å²) in [5.41, 5.74) is 8.67. The van der Waals surface area contributed by atoms with Gasteiger partial charge < -0.3 is 5.11 Å². The van der Waals surface area contributed by atoms with Crippen molar-refractivity contribution in [1.82, 2.24) is 4.72 Å². The molecule has 0 aliphatic rings. The van der Waals surface area contributed by atoms with Crippen LogP contribution in [-0.2, 0) is 10.2 Å². The minimum absolute atomic E-state index is 0.0797. The average molecular weight is 277 g/mol. The van der Waals surface area contributed by atoms with Gasteiger partial charge in [0, 0.05) is 6.54 Å². The molecule has 0 aromatic heterocycles. The molecule has 18 heavy (non-hydrogen) atoms. The van der Waals surface area contributed by atoms with Crippen LogP contribution >= 0.6 is 0 Å². The fraction of sp³-hybridized carbons (Fsp3) is 0.800. The summed E-state index contributed by atoms with van der Waals surface area (Å²) < 4.78 is 25.9. The Morgan fingerprint density at radius 2 is 2.17 bits per heavy atom. The third kappa shape index (κ3) is 7.29. The van der Waals surface area contributed by atoms with Gasteiger partial charge >= 0.3 is 15.7 Å². The number of aliphatic hydroxyl groups excluding tert-OH is 1. The van der Waals surface area contributed by atoms with E-state index in [1.807, 2.05) is 0 Å². The maximum Gasteiger partial charge on any atom is 0.362 e. The average Bonchev–Trinajstić information content (AvgIpc) is 2.30. The Kier molecular flexibility index (Phi) is 8.40. The van der Waals surface area contributed by atoms with Gasteiger partial charge in [-0.3, -0.25) is 0 Å². The quantitative estimate of drug-likeness (QED) is 0.157. The van der Waals surface area contributed by atoms with Crippen LogP contribution in [-0.4, -0.2) is 36.8 Å². The molecule has 0 radical (unpaired) electrons. The van der Waals surface area contributed by atoms with Crippen LogP contribution in [0.2, 0.25) is 0 Å². The molecule has 0 spiro atoms. The molecule has 7 nitrogen and oxygen atoms in total. The standard InChI is InChI=1S/C10H21N4O3S/c1-3-8-12-18(16,17)14(13-11)9-6-4-5-7-10(2)15/h3,10,12,15H,1,4-9H2,2H3/q+1. The molecule has 0 fully saturated rings. The number of hydrogen-bond donors (Lipinski definition) is 2. The fourth-order valence-corrected chi connectivity index (χ4v) is 2.26. The van der Waals surface area contributed by atoms with Gasteiger partial charge in [-0.1, -0.05) is 18.9 Å². The van der Waals surface area contributed by atoms with Gasteiger partial charge in [-0.2, -0.15) is 13.1 Å². The first-order valence-electron chi connectivity index (χ1n) is 5.85. The van der Waals surface area contributed by atoms with Gasteiger partial charge in [0.2, 0.25) is 4.91 Å². The van der Waals surface area contributed by atoms with Crippen molar-refractivity contribution in [2.24, 2.45) is 0 Å². The predicted molar refractivity (Wildman–Crippen MR) is 69.1 cm³/mol. The summed E-state index contributed by atoms with van der Waals surface area (Å²) in [6.07, 6.45) is 3.85. The van der Waals surface area contributed by atoms with Crippen LogP contribution in [0.4, 0.5) is 0 Å². The van der Waals surface area contributed by atoms with Crippen LogP contribution in [0.25, 0.3) is 10.4 Å². The topological polar surface area (TPSA) is 106 Å². The second kappa shape index (κ2) is 8.93. The molecule has 0 heterocycles. The number of nitrogens with one attached hydrogen (secondary N) is 1. The van der Waals surface area contributed by atoms with Crippen LogP contribution < -0.4 is 4.72 Å². The van der Waals surface area contributed by atoms with E-state index < -0.39 is 10.2 Å². The van der Waals surface area contributed by atoms with E-state index in [0.29, 0.717) is 16.9 Å². The summed E-state index contributed by atoms with van der Waals surface area (Å²) in [5.74, 6) is 0. The van der Waals surface area contributed by atoms with Crippen molar-refractivity contribution in [3.63, 3.8) is 0 Å². The Morgan fingerprint density at radius 3 is 2.67 bits per heavy atom. The van der Waals surface area contributed by atoms with Gasteiger partial charge in [-0.15, -0.1) is 6.58 Å². The predicted octanol–water partition coefficient (Wildman–Crippen LogP) is 1.27. The van der Waals surface area contributed by atoms with Crippen LogP contribution in [0.3, 0.4) is 0 Å². The van der Waals surface area contributed by atoms with E-state index in [9.17, 15) is 8.42 Å². The van der Waals surface area contributed by atoms with E-state index in [1.165, 1.54) is 6.08 Å². The summed E-state index contributed by atoms with van der Waals surface area (Å²) in [7, 11) is -3.79. The first kappa shape index (κ1) is 16.9. The van der Waals surface area contributed by atoms with Gasteiger partial charge in [-0.25, -0.2) is 0 Å². The number of unbranched alkanes of at least 4 members (excludes halogenated alkanes) is 2. The van der Waals surface area contributed by atoms with Crippen molar-refractivity contribution in [3.05, 3.63) is 23.1 Å². The molecule has 0 aliphatic heterocycles. The molecule has 1 atom stereocenters. The number of rotatable bonds is 10. The Hall–Kier alpha value is -1.08. The number of hydrogen-bond acceptors (Lipinski definition) is 3. The van der Waals surface area contributed by atoms with Crippen molar-refractivity contribution in [2.75, 3.05) is 13.1 Å². The largest absolute Gasteiger partial charge is 0.393 e. The molecular formula is C10H21N4O3S+. The zero-order chi connectivity index (χ0) is 14.0. The van der Waals surface area contributed by atoms with E-state index in [1.54, 1.807) is 6.92 Å². The van der Waals surface area contributed by atoms with E-state index >= 15 is 0 Å². The third-order valence-corrected chi connectivity index (χ3v) is 3.60. The van der Waals surface area contributed by atoms with Crippen LogP contribution in [0, 0.1) is 0 Å². The Bertz CT molecular complexity index is 399. The lowest BCUT2D eigenvalue weighted by molar-refractivity contribution is -0.396. The molecule has 1 unspecified atom stereocenters. The molecule has 0 aromatic carbocycles. The Morgan fingerprint density at radius 1 is 1.50 bits per heavy atom. The van der Waals surface area contributed by atoms with Crippen LogP contribution in [0.15, 0.2) is 12.7 Å². The molecule has 2 N–H and O–H groups in total. The summed E-state index contributed by atoms with van der Waals surface area (Å²) in [6, 6.07) is 0. The summed E-state index contributed by atoms with van der Waals surface area (Å²) in [4.78, 5) is 2.74. The van der Waals surface area contributed by atoms with Gasteiger partial charge in [-0.05, 0) is 19.8 Å². The molecule has 8 heteroatoms. The molecule has 0 saturated carbocycles. The van der Waals surface area contributed by atoms with Crippen molar-refractivity contribution in [2.45, 2.75) is 38.7 Å². The van der Waals surface area contributed by atoms with Gasteiger partial charge in [0.25, 0.3) is 0 Å². The van der Waals surface area contributed by atoms with Gasteiger partial charge in [0.1, 0.15) is 6.54 Å². The number of nitrogens with zero attached hydrogens (tertiary/aromatic N) is 3. The van der Waals surface area contributed by atoms with Crippen molar-refractivity contribution >= 4 is 10.2 Å². The molecule has 104 valence electrons. The van der Waals surface area contributed by atoms with E-state index in [2.05, 4.69) is 16.2 Å².